The molecular weight excluding hydrogens is 304 g/mol. The molecule has 1 N–H and O–H groups in total. The van der Waals surface area contributed by atoms with E-state index in [0.717, 1.165) is 47.7 Å². The maximum atomic E-state index is 12.6. The third-order valence-corrected chi connectivity index (χ3v) is 4.27. The standard InChI is InChI=1S/C19H22N2O3/c1-23-16-9-10-17-14(12-16)7-5-11-21(17)19(22)20-13-15-6-3-4-8-18(15)24-2/h3-4,6,8-10,12H,5,7,11,13H2,1-2H3,(H,20,22). The van der Waals surface area contributed by atoms with Crippen LogP contribution < -0.4 is 19.7 Å². The second-order valence-electron chi connectivity index (χ2n) is 5.72. The molecule has 0 radical (unpaired) electrons. The molecule has 2 aromatic rings. The molecule has 5 nitrogen and oxygen atoms in total. The van der Waals surface area contributed by atoms with Gasteiger partial charge in [0.25, 0.3) is 0 Å². The largest absolute Gasteiger partial charge is 0.497 e. The highest BCUT2D eigenvalue weighted by Gasteiger charge is 2.22. The number of hydrogen-bond acceptors (Lipinski definition) is 3. The van der Waals surface area contributed by atoms with Crippen molar-refractivity contribution >= 4 is 11.7 Å². The van der Waals surface area contributed by atoms with E-state index in [1.807, 2.05) is 42.5 Å². The number of methoxy groups -OCH3 is 2. The highest BCUT2D eigenvalue weighted by atomic mass is 16.5. The van der Waals surface area contributed by atoms with Gasteiger partial charge in [-0.05, 0) is 42.7 Å². The van der Waals surface area contributed by atoms with Crippen molar-refractivity contribution in [2.45, 2.75) is 19.4 Å². The lowest BCUT2D eigenvalue weighted by Crippen LogP contribution is -2.42. The van der Waals surface area contributed by atoms with E-state index < -0.39 is 0 Å². The number of amides is 2. The van der Waals surface area contributed by atoms with Crippen molar-refractivity contribution in [2.75, 3.05) is 25.7 Å². The molecule has 24 heavy (non-hydrogen) atoms. The van der Waals surface area contributed by atoms with E-state index >= 15 is 0 Å². The number of ether oxygens (including phenoxy) is 2. The molecule has 0 bridgehead atoms. The van der Waals surface area contributed by atoms with Crippen LogP contribution in [0.25, 0.3) is 0 Å². The molecule has 1 aliphatic rings. The van der Waals surface area contributed by atoms with E-state index in [2.05, 4.69) is 5.32 Å². The van der Waals surface area contributed by atoms with Gasteiger partial charge in [0.05, 0.1) is 14.2 Å². The lowest BCUT2D eigenvalue weighted by molar-refractivity contribution is 0.245. The molecule has 126 valence electrons. The summed E-state index contributed by atoms with van der Waals surface area (Å²) in [4.78, 5) is 14.4. The van der Waals surface area contributed by atoms with Crippen molar-refractivity contribution in [3.63, 3.8) is 0 Å². The van der Waals surface area contributed by atoms with E-state index in [0.29, 0.717) is 6.54 Å². The monoisotopic (exact) mass is 326 g/mol. The van der Waals surface area contributed by atoms with Crippen LogP contribution >= 0.6 is 0 Å². The van der Waals surface area contributed by atoms with Crippen LogP contribution in [0.2, 0.25) is 0 Å². The molecule has 1 heterocycles. The highest BCUT2D eigenvalue weighted by Crippen LogP contribution is 2.30. The summed E-state index contributed by atoms with van der Waals surface area (Å²) in [6.07, 6.45) is 1.91. The van der Waals surface area contributed by atoms with Crippen LogP contribution in [-0.2, 0) is 13.0 Å². The summed E-state index contributed by atoms with van der Waals surface area (Å²) >= 11 is 0. The summed E-state index contributed by atoms with van der Waals surface area (Å²) in [6, 6.07) is 13.5. The molecule has 0 saturated carbocycles. The van der Waals surface area contributed by atoms with Crippen LogP contribution in [-0.4, -0.2) is 26.8 Å². The number of rotatable bonds is 4. The number of nitrogens with zero attached hydrogens (tertiary/aromatic N) is 1. The van der Waals surface area contributed by atoms with Crippen LogP contribution in [0.1, 0.15) is 17.5 Å². The number of urea groups is 1. The zero-order valence-electron chi connectivity index (χ0n) is 14.0. The van der Waals surface area contributed by atoms with Gasteiger partial charge in [0.15, 0.2) is 0 Å². The summed E-state index contributed by atoms with van der Waals surface area (Å²) in [7, 11) is 3.29. The molecule has 0 saturated heterocycles. The zero-order chi connectivity index (χ0) is 16.9. The molecule has 0 aliphatic carbocycles. The number of benzene rings is 2. The van der Waals surface area contributed by atoms with Gasteiger partial charge >= 0.3 is 6.03 Å². The quantitative estimate of drug-likeness (QED) is 0.937. The Morgan fingerprint density at radius 1 is 1.17 bits per heavy atom. The minimum atomic E-state index is -0.0907. The van der Waals surface area contributed by atoms with Crippen molar-refractivity contribution < 1.29 is 14.3 Å². The van der Waals surface area contributed by atoms with E-state index in [1.165, 1.54) is 0 Å². The number of nitrogens with one attached hydrogen (secondary N) is 1. The van der Waals surface area contributed by atoms with Gasteiger partial charge < -0.3 is 14.8 Å². The number of fused-ring (bicyclic) bond motifs is 1. The van der Waals surface area contributed by atoms with E-state index in [1.54, 1.807) is 19.1 Å². The molecular formula is C19H22N2O3. The number of carbonyl (C=O) groups is 1. The van der Waals surface area contributed by atoms with Crippen molar-refractivity contribution in [1.82, 2.24) is 5.32 Å². The predicted octanol–water partition coefficient (Wildman–Crippen LogP) is 3.37. The molecule has 0 unspecified atom stereocenters. The minimum absolute atomic E-state index is 0.0907. The number of anilines is 1. The fourth-order valence-corrected chi connectivity index (χ4v) is 3.03. The van der Waals surface area contributed by atoms with E-state index in [-0.39, 0.29) is 6.03 Å². The maximum absolute atomic E-state index is 12.6. The predicted molar refractivity (Wildman–Crippen MR) is 93.9 cm³/mol. The van der Waals surface area contributed by atoms with Gasteiger partial charge in [-0.25, -0.2) is 4.79 Å². The summed E-state index contributed by atoms with van der Waals surface area (Å²) in [6.45, 7) is 1.15. The zero-order valence-corrected chi connectivity index (χ0v) is 14.0. The summed E-state index contributed by atoms with van der Waals surface area (Å²) in [5.41, 5.74) is 3.06. The first-order valence-corrected chi connectivity index (χ1v) is 8.07. The summed E-state index contributed by atoms with van der Waals surface area (Å²) < 4.78 is 10.6. The molecule has 3 rings (SSSR count). The Balaban J connectivity index is 1.72. The number of carbonyl (C=O) groups excluding carboxylic acids is 1. The maximum Gasteiger partial charge on any atom is 0.322 e. The van der Waals surface area contributed by atoms with Crippen LogP contribution in [0.15, 0.2) is 42.5 Å². The Hall–Kier alpha value is -2.69. The van der Waals surface area contributed by atoms with Gasteiger partial charge in [0.1, 0.15) is 11.5 Å². The minimum Gasteiger partial charge on any atom is -0.497 e. The van der Waals surface area contributed by atoms with Gasteiger partial charge in [0.2, 0.25) is 0 Å². The lowest BCUT2D eigenvalue weighted by atomic mass is 10.0. The van der Waals surface area contributed by atoms with Crippen LogP contribution in [0.5, 0.6) is 11.5 Å². The molecule has 0 spiro atoms. The third kappa shape index (κ3) is 3.30. The highest BCUT2D eigenvalue weighted by molar-refractivity contribution is 5.93. The summed E-state index contributed by atoms with van der Waals surface area (Å²) in [5, 5.41) is 2.99. The van der Waals surface area contributed by atoms with Gasteiger partial charge in [-0.2, -0.15) is 0 Å². The molecule has 2 amide bonds. The number of aryl methyl sites for hydroxylation is 1. The topological polar surface area (TPSA) is 50.8 Å². The Morgan fingerprint density at radius 2 is 2.00 bits per heavy atom. The first kappa shape index (κ1) is 16.2. The normalized spacial score (nSPS) is 13.2. The first-order chi connectivity index (χ1) is 11.7. The molecule has 0 atom stereocenters. The second kappa shape index (κ2) is 7.25. The Morgan fingerprint density at radius 3 is 2.79 bits per heavy atom. The van der Waals surface area contributed by atoms with Crippen molar-refractivity contribution in [3.8, 4) is 11.5 Å². The van der Waals surface area contributed by atoms with Gasteiger partial charge in [-0.15, -0.1) is 0 Å². The van der Waals surface area contributed by atoms with Crippen molar-refractivity contribution in [1.29, 1.82) is 0 Å². The molecule has 1 aliphatic heterocycles. The molecule has 0 fully saturated rings. The smallest absolute Gasteiger partial charge is 0.322 e. The third-order valence-electron chi connectivity index (χ3n) is 4.27. The lowest BCUT2D eigenvalue weighted by Gasteiger charge is -2.30. The van der Waals surface area contributed by atoms with Gasteiger partial charge in [-0.3, -0.25) is 4.90 Å². The van der Waals surface area contributed by atoms with Crippen molar-refractivity contribution in [2.24, 2.45) is 0 Å². The Labute approximate surface area is 142 Å². The fraction of sp³-hybridized carbons (Fsp3) is 0.316. The second-order valence-corrected chi connectivity index (χ2v) is 5.72. The fourth-order valence-electron chi connectivity index (χ4n) is 3.03. The van der Waals surface area contributed by atoms with Gasteiger partial charge in [0, 0.05) is 24.3 Å². The Kier molecular flexibility index (Phi) is 4.89. The van der Waals surface area contributed by atoms with Crippen LogP contribution in [0.3, 0.4) is 0 Å². The van der Waals surface area contributed by atoms with E-state index in [9.17, 15) is 4.79 Å². The SMILES string of the molecule is COc1ccc2c(c1)CCCN2C(=O)NCc1ccccc1OC. The average Bonchev–Trinajstić information content (AvgIpc) is 2.65. The average molecular weight is 326 g/mol. The number of hydrogen-bond donors (Lipinski definition) is 1. The van der Waals surface area contributed by atoms with Gasteiger partial charge in [-0.1, -0.05) is 18.2 Å². The molecule has 2 aromatic carbocycles. The van der Waals surface area contributed by atoms with Crippen molar-refractivity contribution in [3.05, 3.63) is 53.6 Å². The van der Waals surface area contributed by atoms with Crippen LogP contribution in [0.4, 0.5) is 10.5 Å². The molecule has 0 aromatic heterocycles. The number of para-hydroxylation sites is 1. The first-order valence-electron chi connectivity index (χ1n) is 8.07. The Bertz CT molecular complexity index is 730. The van der Waals surface area contributed by atoms with E-state index in [4.69, 9.17) is 9.47 Å². The molecule has 5 heteroatoms. The summed E-state index contributed by atoms with van der Waals surface area (Å²) in [5.74, 6) is 1.60. The van der Waals surface area contributed by atoms with Crippen LogP contribution in [0, 0.1) is 0 Å².